The van der Waals surface area contributed by atoms with Crippen LogP contribution in [0.1, 0.15) is 48.0 Å². The van der Waals surface area contributed by atoms with E-state index in [4.69, 9.17) is 10.00 Å². The number of piperidine rings is 1. The molecule has 0 saturated carbocycles. The molecule has 1 aromatic carbocycles. The second-order valence-corrected chi connectivity index (χ2v) is 5.44. The zero-order chi connectivity index (χ0) is 15.1. The molecule has 1 aliphatic heterocycles. The Morgan fingerprint density at radius 3 is 3.00 bits per heavy atom. The Hall–Kier alpha value is -1.86. The minimum atomic E-state index is -0.00531. The van der Waals surface area contributed by atoms with Crippen molar-refractivity contribution < 1.29 is 9.53 Å². The van der Waals surface area contributed by atoms with Gasteiger partial charge in [-0.2, -0.15) is 5.26 Å². The third kappa shape index (κ3) is 3.83. The van der Waals surface area contributed by atoms with Gasteiger partial charge in [0.1, 0.15) is 0 Å². The Labute approximate surface area is 126 Å². The number of methoxy groups -OCH3 is 1. The third-order valence-corrected chi connectivity index (χ3v) is 4.05. The number of nitrogens with zero attached hydrogens (tertiary/aromatic N) is 2. The molecule has 0 N–H and O–H groups in total. The molecule has 0 spiro atoms. The standard InChI is InChI=1S/C17H22N2O2/c1-21-12-6-9-15-8-4-5-11-19(15)17(20)16-10-3-2-7-14(16)13-18/h2-3,7,10,15H,4-6,8-9,11-12H2,1H3/t15-/m1/s1. The molecule has 1 aliphatic rings. The van der Waals surface area contributed by atoms with Crippen LogP contribution in [0.15, 0.2) is 24.3 Å². The number of rotatable bonds is 5. The normalized spacial score (nSPS) is 18.3. The first-order valence-corrected chi connectivity index (χ1v) is 7.57. The van der Waals surface area contributed by atoms with Crippen LogP contribution in [0, 0.1) is 11.3 Å². The first-order valence-electron chi connectivity index (χ1n) is 7.57. The minimum Gasteiger partial charge on any atom is -0.385 e. The lowest BCUT2D eigenvalue weighted by Crippen LogP contribution is -2.44. The highest BCUT2D eigenvalue weighted by molar-refractivity contribution is 5.96. The predicted octanol–water partition coefficient (Wildman–Crippen LogP) is 2.98. The summed E-state index contributed by atoms with van der Waals surface area (Å²) in [6, 6.07) is 9.45. The van der Waals surface area contributed by atoms with Gasteiger partial charge in [-0.25, -0.2) is 0 Å². The number of benzene rings is 1. The maximum atomic E-state index is 12.8. The SMILES string of the molecule is COCCC[C@H]1CCCCN1C(=O)c1ccccc1C#N. The zero-order valence-corrected chi connectivity index (χ0v) is 12.5. The summed E-state index contributed by atoms with van der Waals surface area (Å²) in [4.78, 5) is 14.7. The van der Waals surface area contributed by atoms with Crippen molar-refractivity contribution in [3.05, 3.63) is 35.4 Å². The van der Waals surface area contributed by atoms with E-state index in [1.54, 1.807) is 25.3 Å². The fourth-order valence-electron chi connectivity index (χ4n) is 2.95. The largest absolute Gasteiger partial charge is 0.385 e. The quantitative estimate of drug-likeness (QED) is 0.782. The lowest BCUT2D eigenvalue weighted by Gasteiger charge is -2.36. The lowest BCUT2D eigenvalue weighted by atomic mass is 9.96. The second kappa shape index (κ2) is 7.80. The molecule has 1 heterocycles. The molecule has 1 fully saturated rings. The molecule has 2 rings (SSSR count). The van der Waals surface area contributed by atoms with E-state index >= 15 is 0 Å². The molecule has 0 bridgehead atoms. The monoisotopic (exact) mass is 286 g/mol. The molecule has 1 saturated heterocycles. The number of amides is 1. The Bertz CT molecular complexity index is 522. The number of hydrogen-bond donors (Lipinski definition) is 0. The third-order valence-electron chi connectivity index (χ3n) is 4.05. The highest BCUT2D eigenvalue weighted by Crippen LogP contribution is 2.24. The molecule has 1 aromatic rings. The van der Waals surface area contributed by atoms with Gasteiger partial charge in [-0.15, -0.1) is 0 Å². The fourth-order valence-corrected chi connectivity index (χ4v) is 2.95. The van der Waals surface area contributed by atoms with Crippen molar-refractivity contribution in [3.63, 3.8) is 0 Å². The number of ether oxygens (including phenoxy) is 1. The molecule has 1 atom stereocenters. The first kappa shape index (κ1) is 15.5. The van der Waals surface area contributed by atoms with Gasteiger partial charge in [-0.05, 0) is 44.2 Å². The van der Waals surface area contributed by atoms with Crippen molar-refractivity contribution in [2.45, 2.75) is 38.1 Å². The molecule has 0 aliphatic carbocycles. The molecule has 0 aromatic heterocycles. The van der Waals surface area contributed by atoms with Gasteiger partial charge in [0.05, 0.1) is 17.2 Å². The van der Waals surface area contributed by atoms with Crippen molar-refractivity contribution in [3.8, 4) is 6.07 Å². The average Bonchev–Trinajstić information content (AvgIpc) is 2.55. The van der Waals surface area contributed by atoms with Crippen LogP contribution in [-0.4, -0.2) is 37.1 Å². The van der Waals surface area contributed by atoms with Gasteiger partial charge in [-0.3, -0.25) is 4.79 Å². The summed E-state index contributed by atoms with van der Waals surface area (Å²) in [5, 5.41) is 9.17. The van der Waals surface area contributed by atoms with Crippen LogP contribution in [0.2, 0.25) is 0 Å². The number of carbonyl (C=O) groups excluding carboxylic acids is 1. The minimum absolute atomic E-state index is 0.00531. The van der Waals surface area contributed by atoms with Crippen LogP contribution in [0.5, 0.6) is 0 Å². The van der Waals surface area contributed by atoms with E-state index in [1.807, 2.05) is 11.0 Å². The van der Waals surface area contributed by atoms with Gasteiger partial charge in [0, 0.05) is 26.3 Å². The Morgan fingerprint density at radius 1 is 1.43 bits per heavy atom. The van der Waals surface area contributed by atoms with E-state index in [2.05, 4.69) is 6.07 Å². The summed E-state index contributed by atoms with van der Waals surface area (Å²) in [6.07, 6.45) is 5.19. The molecule has 0 unspecified atom stereocenters. The number of nitriles is 1. The van der Waals surface area contributed by atoms with Crippen molar-refractivity contribution in [2.75, 3.05) is 20.3 Å². The summed E-state index contributed by atoms with van der Waals surface area (Å²) < 4.78 is 5.10. The zero-order valence-electron chi connectivity index (χ0n) is 12.5. The van der Waals surface area contributed by atoms with Gasteiger partial charge < -0.3 is 9.64 Å². The smallest absolute Gasteiger partial charge is 0.255 e. The number of likely N-dealkylation sites (tertiary alicyclic amines) is 1. The number of hydrogen-bond acceptors (Lipinski definition) is 3. The molecule has 4 heteroatoms. The van der Waals surface area contributed by atoms with Crippen LogP contribution in [0.4, 0.5) is 0 Å². The summed E-state index contributed by atoms with van der Waals surface area (Å²) in [6.45, 7) is 1.52. The fraction of sp³-hybridized carbons (Fsp3) is 0.529. The van der Waals surface area contributed by atoms with E-state index < -0.39 is 0 Å². The van der Waals surface area contributed by atoms with Crippen LogP contribution < -0.4 is 0 Å². The Kier molecular flexibility index (Phi) is 5.77. The second-order valence-electron chi connectivity index (χ2n) is 5.44. The van der Waals surface area contributed by atoms with Gasteiger partial charge in [0.2, 0.25) is 0 Å². The maximum Gasteiger partial charge on any atom is 0.255 e. The molecule has 4 nitrogen and oxygen atoms in total. The van der Waals surface area contributed by atoms with Crippen LogP contribution in [0.3, 0.4) is 0 Å². The van der Waals surface area contributed by atoms with Crippen LogP contribution in [-0.2, 0) is 4.74 Å². The first-order chi connectivity index (χ1) is 10.3. The van der Waals surface area contributed by atoms with Gasteiger partial charge in [0.25, 0.3) is 5.91 Å². The highest BCUT2D eigenvalue weighted by Gasteiger charge is 2.28. The lowest BCUT2D eigenvalue weighted by molar-refractivity contribution is 0.0584. The predicted molar refractivity (Wildman–Crippen MR) is 80.9 cm³/mol. The summed E-state index contributed by atoms with van der Waals surface area (Å²) in [5.41, 5.74) is 0.988. The van der Waals surface area contributed by atoms with Gasteiger partial charge in [0.15, 0.2) is 0 Å². The number of carbonyl (C=O) groups is 1. The maximum absolute atomic E-state index is 12.8. The van der Waals surface area contributed by atoms with Crippen molar-refractivity contribution >= 4 is 5.91 Å². The molecule has 21 heavy (non-hydrogen) atoms. The van der Waals surface area contributed by atoms with Crippen molar-refractivity contribution in [1.29, 1.82) is 5.26 Å². The van der Waals surface area contributed by atoms with Gasteiger partial charge >= 0.3 is 0 Å². The summed E-state index contributed by atoms with van der Waals surface area (Å²) >= 11 is 0. The van der Waals surface area contributed by atoms with E-state index in [1.165, 1.54) is 6.42 Å². The van der Waals surface area contributed by atoms with Crippen molar-refractivity contribution in [2.24, 2.45) is 0 Å². The molecular weight excluding hydrogens is 264 g/mol. The Morgan fingerprint density at radius 2 is 2.24 bits per heavy atom. The van der Waals surface area contributed by atoms with Crippen molar-refractivity contribution in [1.82, 2.24) is 4.90 Å². The molecule has 1 amide bonds. The van der Waals surface area contributed by atoms with E-state index in [0.29, 0.717) is 11.1 Å². The van der Waals surface area contributed by atoms with Crippen LogP contribution in [0.25, 0.3) is 0 Å². The van der Waals surface area contributed by atoms with E-state index in [0.717, 1.165) is 38.8 Å². The molecule has 112 valence electrons. The molecule has 0 radical (unpaired) electrons. The highest BCUT2D eigenvalue weighted by atomic mass is 16.5. The van der Waals surface area contributed by atoms with E-state index in [-0.39, 0.29) is 11.9 Å². The topological polar surface area (TPSA) is 53.3 Å². The summed E-state index contributed by atoms with van der Waals surface area (Å²) in [5.74, 6) is -0.00531. The Balaban J connectivity index is 2.13. The van der Waals surface area contributed by atoms with Gasteiger partial charge in [-0.1, -0.05) is 12.1 Å². The van der Waals surface area contributed by atoms with E-state index in [9.17, 15) is 4.79 Å². The average molecular weight is 286 g/mol. The summed E-state index contributed by atoms with van der Waals surface area (Å²) in [7, 11) is 1.70. The molecular formula is C17H22N2O2. The van der Waals surface area contributed by atoms with Crippen LogP contribution >= 0.6 is 0 Å².